The smallest absolute Gasteiger partial charge is 0.142 e. The van der Waals surface area contributed by atoms with E-state index in [-0.39, 0.29) is 0 Å². The van der Waals surface area contributed by atoms with Crippen LogP contribution in [0, 0.1) is 0 Å². The molecular weight excluding hydrogens is 122 g/mol. The fourth-order valence-electron chi connectivity index (χ4n) is 0.779. The number of nitrogens with zero attached hydrogens (tertiary/aromatic N) is 1. The van der Waals surface area contributed by atoms with Crippen molar-refractivity contribution in [3.8, 4) is 0 Å². The second-order valence-corrected chi connectivity index (χ2v) is 2.52. The first kappa shape index (κ1) is 9.41. The fraction of sp³-hybridized carbons (Fsp3) is 0.667. The molecule has 0 unspecified atom stereocenters. The monoisotopic (exact) mass is 140 g/mol. The molecule has 0 aromatic carbocycles. The van der Waals surface area contributed by atoms with Crippen molar-refractivity contribution in [2.24, 2.45) is 0 Å². The Bertz CT molecular complexity index is 114. The topological polar surface area (TPSA) is 3.01 Å². The molecule has 0 N–H and O–H groups in total. The van der Waals surface area contributed by atoms with Gasteiger partial charge in [0.1, 0.15) is 19.8 Å². The van der Waals surface area contributed by atoms with Crippen LogP contribution in [0.1, 0.15) is 26.2 Å². The largest absolute Gasteiger partial charge is 0.242 e. The standard InChI is InChI=1S/C9H18N/c1-4-6-7-8-9-10(3)5-2/h4-5H,1,6-9H2,2-3H3/q+1. The molecule has 0 radical (unpaired) electrons. The molecule has 1 nitrogen and oxygen atoms in total. The van der Waals surface area contributed by atoms with Crippen LogP contribution in [0.5, 0.6) is 0 Å². The van der Waals surface area contributed by atoms with E-state index in [0.717, 1.165) is 6.42 Å². The lowest BCUT2D eigenvalue weighted by atomic mass is 10.2. The average Bonchev–Trinajstić information content (AvgIpc) is 1.98. The highest BCUT2D eigenvalue weighted by Crippen LogP contribution is 1.94. The van der Waals surface area contributed by atoms with Gasteiger partial charge in [0.2, 0.25) is 0 Å². The number of allylic oxidation sites excluding steroid dienone is 1. The van der Waals surface area contributed by atoms with Gasteiger partial charge in [0, 0.05) is 13.3 Å². The Balaban J connectivity index is 3.11. The quantitative estimate of drug-likeness (QED) is 0.238. The van der Waals surface area contributed by atoms with Crippen molar-refractivity contribution in [1.29, 1.82) is 0 Å². The first-order chi connectivity index (χ1) is 4.81. The molecule has 0 atom stereocenters. The summed E-state index contributed by atoms with van der Waals surface area (Å²) in [6.07, 6.45) is 7.77. The van der Waals surface area contributed by atoms with E-state index in [1.807, 2.05) is 6.08 Å². The molecule has 0 aromatic rings. The minimum absolute atomic E-state index is 1.15. The van der Waals surface area contributed by atoms with Gasteiger partial charge in [-0.1, -0.05) is 6.08 Å². The second-order valence-electron chi connectivity index (χ2n) is 2.52. The maximum Gasteiger partial charge on any atom is 0.142 e. The van der Waals surface area contributed by atoms with Crippen molar-refractivity contribution in [2.75, 3.05) is 13.6 Å². The summed E-state index contributed by atoms with van der Waals surface area (Å²) in [6.45, 7) is 6.91. The summed E-state index contributed by atoms with van der Waals surface area (Å²) in [5.41, 5.74) is 0. The van der Waals surface area contributed by atoms with Crippen molar-refractivity contribution in [1.82, 2.24) is 0 Å². The molecule has 0 aliphatic carbocycles. The van der Waals surface area contributed by atoms with Gasteiger partial charge in [0.05, 0.1) is 0 Å². The zero-order valence-electron chi connectivity index (χ0n) is 7.14. The summed E-state index contributed by atoms with van der Waals surface area (Å²) in [6, 6.07) is 0. The number of hydrogen-bond donors (Lipinski definition) is 0. The van der Waals surface area contributed by atoms with Crippen molar-refractivity contribution >= 4 is 6.21 Å². The molecule has 0 aliphatic rings. The molecular formula is C9H18N+. The Morgan fingerprint density at radius 1 is 1.40 bits per heavy atom. The first-order valence-corrected chi connectivity index (χ1v) is 3.92. The molecule has 0 bridgehead atoms. The molecule has 0 saturated carbocycles. The van der Waals surface area contributed by atoms with Crippen LogP contribution in [0.3, 0.4) is 0 Å². The first-order valence-electron chi connectivity index (χ1n) is 3.92. The predicted octanol–water partition coefficient (Wildman–Crippen LogP) is 2.08. The Kier molecular flexibility index (Phi) is 6.14. The van der Waals surface area contributed by atoms with Crippen LogP contribution in [0.4, 0.5) is 0 Å². The van der Waals surface area contributed by atoms with E-state index >= 15 is 0 Å². The molecule has 0 aliphatic heterocycles. The summed E-state index contributed by atoms with van der Waals surface area (Å²) in [5.74, 6) is 0. The van der Waals surface area contributed by atoms with Crippen LogP contribution < -0.4 is 0 Å². The Morgan fingerprint density at radius 3 is 2.60 bits per heavy atom. The van der Waals surface area contributed by atoms with E-state index in [0.29, 0.717) is 0 Å². The fourth-order valence-corrected chi connectivity index (χ4v) is 0.779. The predicted molar refractivity (Wildman–Crippen MR) is 46.8 cm³/mol. The molecule has 0 rings (SSSR count). The number of rotatable bonds is 5. The highest BCUT2D eigenvalue weighted by atomic mass is 14.9. The molecule has 0 heterocycles. The van der Waals surface area contributed by atoms with E-state index in [1.54, 1.807) is 0 Å². The second kappa shape index (κ2) is 6.53. The minimum atomic E-state index is 1.15. The van der Waals surface area contributed by atoms with Gasteiger partial charge < -0.3 is 0 Å². The summed E-state index contributed by atoms with van der Waals surface area (Å²) in [4.78, 5) is 0. The zero-order valence-corrected chi connectivity index (χ0v) is 7.14. The van der Waals surface area contributed by atoms with Gasteiger partial charge in [-0.15, -0.1) is 6.58 Å². The van der Waals surface area contributed by atoms with Crippen LogP contribution in [0.2, 0.25) is 0 Å². The molecule has 0 amide bonds. The van der Waals surface area contributed by atoms with E-state index in [2.05, 4.69) is 31.3 Å². The van der Waals surface area contributed by atoms with Gasteiger partial charge in [-0.05, 0) is 12.8 Å². The summed E-state index contributed by atoms with van der Waals surface area (Å²) >= 11 is 0. The molecule has 10 heavy (non-hydrogen) atoms. The SMILES string of the molecule is C=CCCCC[N+](C)=CC. The Hall–Kier alpha value is -0.590. The van der Waals surface area contributed by atoms with Crippen molar-refractivity contribution in [2.45, 2.75) is 26.2 Å². The van der Waals surface area contributed by atoms with Crippen LogP contribution in [-0.2, 0) is 0 Å². The highest BCUT2D eigenvalue weighted by molar-refractivity contribution is 5.46. The van der Waals surface area contributed by atoms with Crippen molar-refractivity contribution < 1.29 is 4.58 Å². The van der Waals surface area contributed by atoms with E-state index in [4.69, 9.17) is 0 Å². The minimum Gasteiger partial charge on any atom is -0.242 e. The van der Waals surface area contributed by atoms with Crippen LogP contribution in [0.15, 0.2) is 12.7 Å². The third-order valence-electron chi connectivity index (χ3n) is 1.61. The van der Waals surface area contributed by atoms with Gasteiger partial charge in [0.15, 0.2) is 0 Å². The lowest BCUT2D eigenvalue weighted by Gasteiger charge is -1.94. The van der Waals surface area contributed by atoms with Crippen LogP contribution in [-0.4, -0.2) is 24.4 Å². The molecule has 0 fully saturated rings. The maximum atomic E-state index is 3.68. The summed E-state index contributed by atoms with van der Waals surface area (Å²) < 4.78 is 2.21. The van der Waals surface area contributed by atoms with Gasteiger partial charge in [-0.25, -0.2) is 4.58 Å². The number of unbranched alkanes of at least 4 members (excludes halogenated alkanes) is 2. The van der Waals surface area contributed by atoms with E-state index in [9.17, 15) is 0 Å². The van der Waals surface area contributed by atoms with Gasteiger partial charge in [-0.2, -0.15) is 0 Å². The maximum absolute atomic E-state index is 3.68. The van der Waals surface area contributed by atoms with E-state index < -0.39 is 0 Å². The lowest BCUT2D eigenvalue weighted by Crippen LogP contribution is -2.06. The third kappa shape index (κ3) is 5.54. The van der Waals surface area contributed by atoms with Crippen LogP contribution in [0.25, 0.3) is 0 Å². The molecule has 58 valence electrons. The van der Waals surface area contributed by atoms with Crippen molar-refractivity contribution in [3.63, 3.8) is 0 Å². The Morgan fingerprint density at radius 2 is 2.10 bits per heavy atom. The number of hydrogen-bond acceptors (Lipinski definition) is 0. The molecule has 0 aromatic heterocycles. The molecule has 1 heteroatoms. The van der Waals surface area contributed by atoms with Gasteiger partial charge in [0.25, 0.3) is 0 Å². The molecule has 0 spiro atoms. The van der Waals surface area contributed by atoms with Gasteiger partial charge >= 0.3 is 0 Å². The third-order valence-corrected chi connectivity index (χ3v) is 1.61. The Labute approximate surface area is 64.1 Å². The summed E-state index contributed by atoms with van der Waals surface area (Å²) in [5, 5.41) is 0. The zero-order chi connectivity index (χ0) is 7.82. The van der Waals surface area contributed by atoms with Crippen molar-refractivity contribution in [3.05, 3.63) is 12.7 Å². The van der Waals surface area contributed by atoms with Gasteiger partial charge in [-0.3, -0.25) is 0 Å². The normalized spacial score (nSPS) is 11.6. The van der Waals surface area contributed by atoms with E-state index in [1.165, 1.54) is 19.4 Å². The summed E-state index contributed by atoms with van der Waals surface area (Å²) in [7, 11) is 2.11. The molecule has 0 saturated heterocycles. The highest BCUT2D eigenvalue weighted by Gasteiger charge is 1.91. The lowest BCUT2D eigenvalue weighted by molar-refractivity contribution is -0.493. The van der Waals surface area contributed by atoms with Crippen LogP contribution >= 0.6 is 0 Å². The average molecular weight is 140 g/mol.